The number of aliphatic hydroxyl groups is 1. The molecule has 53 heavy (non-hydrogen) atoms. The molecule has 1 aromatic carbocycles. The predicted octanol–water partition coefficient (Wildman–Crippen LogP) is -3.29. The quantitative estimate of drug-likeness (QED) is 0.0939. The van der Waals surface area contributed by atoms with Gasteiger partial charge in [-0.15, -0.1) is 0 Å². The van der Waals surface area contributed by atoms with Crippen molar-refractivity contribution in [3.05, 3.63) is 29.8 Å². The van der Waals surface area contributed by atoms with Gasteiger partial charge in [-0.25, -0.2) is 0 Å². The highest BCUT2D eigenvalue weighted by atomic mass is 16.3. The number of primary amides is 1. The number of nitrogens with zero attached hydrogens (tertiary/aromatic N) is 1. The molecule has 2 heterocycles. The summed E-state index contributed by atoms with van der Waals surface area (Å²) >= 11 is 0. The molecule has 2 aliphatic rings. The van der Waals surface area contributed by atoms with E-state index in [1.807, 2.05) is 0 Å². The van der Waals surface area contributed by atoms with Crippen molar-refractivity contribution in [2.24, 2.45) is 11.7 Å². The monoisotopic (exact) mass is 743 g/mol. The van der Waals surface area contributed by atoms with Gasteiger partial charge in [0.1, 0.15) is 36.3 Å². The summed E-state index contributed by atoms with van der Waals surface area (Å²) in [5.41, 5.74) is 11.4. The zero-order valence-corrected chi connectivity index (χ0v) is 30.1. The molecule has 11 N–H and O–H groups in total. The number of carbonyl (C=O) groups excluding carboxylic acids is 9. The van der Waals surface area contributed by atoms with Crippen molar-refractivity contribution >= 4 is 58.7 Å². The van der Waals surface area contributed by atoms with Crippen LogP contribution in [0.3, 0.4) is 0 Å². The zero-order chi connectivity index (χ0) is 39.6. The van der Waals surface area contributed by atoms with E-state index in [2.05, 4.69) is 31.9 Å². The van der Waals surface area contributed by atoms with Crippen molar-refractivity contribution < 1.29 is 48.3 Å². The van der Waals surface area contributed by atoms with Gasteiger partial charge in [-0.2, -0.15) is 0 Å². The second-order valence-electron chi connectivity index (χ2n) is 13.3. The molecule has 2 aliphatic heterocycles. The van der Waals surface area contributed by atoms with Gasteiger partial charge in [0, 0.05) is 24.2 Å². The van der Waals surface area contributed by atoms with E-state index in [1.165, 1.54) is 26.0 Å². The number of carbonyl (C=O) groups is 9. The summed E-state index contributed by atoms with van der Waals surface area (Å²) in [6, 6.07) is -2.65. The minimum Gasteiger partial charge on any atom is -0.398 e. The van der Waals surface area contributed by atoms with Crippen LogP contribution in [0.15, 0.2) is 24.3 Å². The molecule has 8 unspecified atom stereocenters. The number of ketones is 1. The number of nitrogens with two attached hydrogens (primary N) is 2. The highest BCUT2D eigenvalue weighted by molar-refractivity contribution is 6.05. The fourth-order valence-corrected chi connectivity index (χ4v) is 5.94. The second-order valence-corrected chi connectivity index (χ2v) is 13.3. The molecular formula is C34H49N9O10. The van der Waals surface area contributed by atoms with Crippen LogP contribution in [0.25, 0.3) is 0 Å². The molecule has 19 nitrogen and oxygen atoms in total. The first-order valence-electron chi connectivity index (χ1n) is 17.4. The number of anilines is 1. The SMILES string of the molecule is CCC(C)C1NC(=O)CNC(=O)C2CCCN2C(=O)C(C(C)O)NC(=O)C(CC(=O)c2ccccc2N)NC(=O)C(C)NC(=O)C(CC(N)=O)NC1=O. The fourth-order valence-electron chi connectivity index (χ4n) is 5.94. The minimum atomic E-state index is -1.68. The Kier molecular flexibility index (Phi) is 14.8. The minimum absolute atomic E-state index is 0.0426. The van der Waals surface area contributed by atoms with E-state index in [-0.39, 0.29) is 24.2 Å². The standard InChI is InChI=1S/C34H49N9O10/c1-5-16(2)27-33(52)40-22(14-25(36)46)30(49)38-17(3)29(48)39-21(13-24(45)19-9-6-7-10-20(19)35)31(50)42-28(18(4)44)34(53)43-12-8-11-23(43)32(51)37-15-26(47)41-27/h6-7,9-10,16-18,21-23,27-28,44H,5,8,11-15,35H2,1-4H3,(H2,36,46)(H,37,51)(H,38,49)(H,39,48)(H,40,52)(H,41,47)(H,42,50). The molecule has 0 aliphatic carbocycles. The third-order valence-corrected chi connectivity index (χ3v) is 9.19. The van der Waals surface area contributed by atoms with Crippen LogP contribution in [0.4, 0.5) is 5.69 Å². The molecule has 8 atom stereocenters. The Hall–Kier alpha value is -5.59. The van der Waals surface area contributed by atoms with Gasteiger partial charge < -0.3 is 53.4 Å². The Morgan fingerprint density at radius 2 is 1.47 bits per heavy atom. The van der Waals surface area contributed by atoms with Crippen LogP contribution in [-0.4, -0.2) is 118 Å². The molecule has 0 radical (unpaired) electrons. The third kappa shape index (κ3) is 11.2. The molecule has 8 amide bonds. The topological polar surface area (TPSA) is 301 Å². The average Bonchev–Trinajstić information content (AvgIpc) is 3.60. The summed E-state index contributed by atoms with van der Waals surface area (Å²) in [5, 5.41) is 25.1. The first-order chi connectivity index (χ1) is 24.9. The number of aliphatic hydroxyl groups excluding tert-OH is 1. The maximum absolute atomic E-state index is 13.8. The first kappa shape index (κ1) is 41.8. The molecule has 0 spiro atoms. The zero-order valence-electron chi connectivity index (χ0n) is 30.1. The number of benzene rings is 1. The van der Waals surface area contributed by atoms with E-state index in [0.717, 1.165) is 4.90 Å². The fraction of sp³-hybridized carbons (Fsp3) is 0.559. The lowest BCUT2D eigenvalue weighted by atomic mass is 9.97. The number of fused-ring (bicyclic) bond motifs is 1. The molecular weight excluding hydrogens is 694 g/mol. The Balaban J connectivity index is 2.04. The number of rotatable bonds is 8. The van der Waals surface area contributed by atoms with Crippen LogP contribution in [0.1, 0.15) is 70.2 Å². The van der Waals surface area contributed by atoms with Crippen LogP contribution >= 0.6 is 0 Å². The molecule has 290 valence electrons. The van der Waals surface area contributed by atoms with Gasteiger partial charge in [0.05, 0.1) is 19.1 Å². The number of nitrogen functional groups attached to an aromatic ring is 1. The summed E-state index contributed by atoms with van der Waals surface area (Å²) in [5.74, 6) is -8.34. The molecule has 0 saturated carbocycles. The Morgan fingerprint density at radius 1 is 0.849 bits per heavy atom. The molecule has 0 bridgehead atoms. The van der Waals surface area contributed by atoms with Crippen LogP contribution < -0.4 is 43.4 Å². The number of hydrogen-bond acceptors (Lipinski definition) is 11. The van der Waals surface area contributed by atoms with Gasteiger partial charge >= 0.3 is 0 Å². The maximum atomic E-state index is 13.8. The van der Waals surface area contributed by atoms with Crippen molar-refractivity contribution in [1.82, 2.24) is 36.8 Å². The lowest BCUT2D eigenvalue weighted by Gasteiger charge is -2.31. The van der Waals surface area contributed by atoms with Crippen molar-refractivity contribution in [3.8, 4) is 0 Å². The Morgan fingerprint density at radius 3 is 2.09 bits per heavy atom. The average molecular weight is 744 g/mol. The number of Topliss-reactive ketones (excluding diaryl/α,β-unsaturated/α-hetero) is 1. The summed E-state index contributed by atoms with van der Waals surface area (Å²) in [7, 11) is 0. The predicted molar refractivity (Wildman–Crippen MR) is 188 cm³/mol. The smallest absolute Gasteiger partial charge is 0.248 e. The van der Waals surface area contributed by atoms with Gasteiger partial charge in [-0.05, 0) is 44.7 Å². The summed E-state index contributed by atoms with van der Waals surface area (Å²) in [6.45, 7) is 5.36. The van der Waals surface area contributed by atoms with Crippen molar-refractivity contribution in [2.75, 3.05) is 18.8 Å². The summed E-state index contributed by atoms with van der Waals surface area (Å²) < 4.78 is 0. The van der Waals surface area contributed by atoms with Gasteiger partial charge in [0.15, 0.2) is 5.78 Å². The van der Waals surface area contributed by atoms with E-state index in [4.69, 9.17) is 11.5 Å². The molecule has 19 heteroatoms. The van der Waals surface area contributed by atoms with Crippen molar-refractivity contribution in [3.63, 3.8) is 0 Å². The van der Waals surface area contributed by atoms with Crippen molar-refractivity contribution in [1.29, 1.82) is 0 Å². The van der Waals surface area contributed by atoms with E-state index in [1.54, 1.807) is 26.0 Å². The highest BCUT2D eigenvalue weighted by Crippen LogP contribution is 2.20. The summed E-state index contributed by atoms with van der Waals surface area (Å²) in [4.78, 5) is 120. The van der Waals surface area contributed by atoms with Gasteiger partial charge in [0.2, 0.25) is 47.3 Å². The second kappa shape index (κ2) is 18.8. The number of nitrogens with one attached hydrogen (secondary N) is 6. The van der Waals surface area contributed by atoms with Crippen LogP contribution in [-0.2, 0) is 38.4 Å². The van der Waals surface area contributed by atoms with E-state index in [0.29, 0.717) is 12.8 Å². The van der Waals surface area contributed by atoms with Gasteiger partial charge in [-0.3, -0.25) is 43.2 Å². The first-order valence-corrected chi connectivity index (χ1v) is 17.4. The number of amides is 8. The lowest BCUT2D eigenvalue weighted by Crippen LogP contribution is -2.61. The van der Waals surface area contributed by atoms with E-state index < -0.39 is 121 Å². The normalized spacial score (nSPS) is 26.7. The molecule has 1 aromatic rings. The lowest BCUT2D eigenvalue weighted by molar-refractivity contribution is -0.144. The van der Waals surface area contributed by atoms with Crippen LogP contribution in [0.2, 0.25) is 0 Å². The molecule has 2 fully saturated rings. The van der Waals surface area contributed by atoms with Gasteiger partial charge in [0.25, 0.3) is 0 Å². The largest absolute Gasteiger partial charge is 0.398 e. The number of para-hydroxylation sites is 1. The van der Waals surface area contributed by atoms with Crippen molar-refractivity contribution in [2.45, 2.75) is 102 Å². The maximum Gasteiger partial charge on any atom is 0.248 e. The molecule has 2 saturated heterocycles. The van der Waals surface area contributed by atoms with E-state index in [9.17, 15) is 48.3 Å². The number of hydrogen-bond donors (Lipinski definition) is 9. The highest BCUT2D eigenvalue weighted by Gasteiger charge is 2.41. The Bertz CT molecular complexity index is 1600. The Labute approximate surface area is 306 Å². The van der Waals surface area contributed by atoms with Crippen LogP contribution in [0, 0.1) is 5.92 Å². The molecule has 0 aromatic heterocycles. The van der Waals surface area contributed by atoms with Crippen LogP contribution in [0.5, 0.6) is 0 Å². The molecule has 3 rings (SSSR count). The summed E-state index contributed by atoms with van der Waals surface area (Å²) in [6.07, 6.45) is -1.89. The van der Waals surface area contributed by atoms with E-state index >= 15 is 0 Å². The third-order valence-electron chi connectivity index (χ3n) is 9.19. The van der Waals surface area contributed by atoms with Gasteiger partial charge in [-0.1, -0.05) is 32.4 Å².